The molecule has 168 valence electrons. The lowest BCUT2D eigenvalue weighted by molar-refractivity contribution is 0.101. The molecular weight excluding hydrogens is 465 g/mol. The second-order valence-corrected chi connectivity index (χ2v) is 7.99. The van der Waals surface area contributed by atoms with E-state index in [2.05, 4.69) is 15.5 Å². The zero-order valence-electron chi connectivity index (χ0n) is 18.0. The van der Waals surface area contributed by atoms with Gasteiger partial charge in [-0.2, -0.15) is 5.10 Å². The van der Waals surface area contributed by atoms with E-state index in [-0.39, 0.29) is 21.7 Å². The molecule has 2 N–H and O–H groups in total. The van der Waals surface area contributed by atoms with Crippen LogP contribution in [0.5, 0.6) is 11.5 Å². The molecule has 4 aromatic rings. The first-order valence-electron chi connectivity index (χ1n) is 9.83. The molecule has 0 spiro atoms. The number of aromatic amines is 1. The Labute approximate surface area is 199 Å². The number of carbonyl (C=O) groups is 2. The second kappa shape index (κ2) is 9.13. The number of ketones is 1. The largest absolute Gasteiger partial charge is 0.495 e. The minimum Gasteiger partial charge on any atom is -0.495 e. The van der Waals surface area contributed by atoms with Gasteiger partial charge in [0.2, 0.25) is 0 Å². The molecule has 1 amide bonds. The smallest absolute Gasteiger partial charge is 0.256 e. The summed E-state index contributed by atoms with van der Waals surface area (Å²) in [6, 6.07) is 11.8. The molecule has 3 aromatic carbocycles. The number of H-pyrrole nitrogens is 1. The van der Waals surface area contributed by atoms with Crippen molar-refractivity contribution >= 4 is 51.5 Å². The Morgan fingerprint density at radius 3 is 2.33 bits per heavy atom. The predicted molar refractivity (Wildman–Crippen MR) is 129 cm³/mol. The fraction of sp³-hybridized carbons (Fsp3) is 0.125. The summed E-state index contributed by atoms with van der Waals surface area (Å²) >= 11 is 13.2. The van der Waals surface area contributed by atoms with Gasteiger partial charge in [-0.15, -0.1) is 0 Å². The van der Waals surface area contributed by atoms with Crippen LogP contribution in [-0.2, 0) is 0 Å². The molecular formula is C24H19Cl2N3O4. The number of aromatic nitrogens is 2. The van der Waals surface area contributed by atoms with E-state index in [9.17, 15) is 9.59 Å². The number of halogens is 2. The average Bonchev–Trinajstić information content (AvgIpc) is 3.27. The van der Waals surface area contributed by atoms with Crippen molar-refractivity contribution < 1.29 is 19.1 Å². The molecule has 0 fully saturated rings. The van der Waals surface area contributed by atoms with Crippen LogP contribution < -0.4 is 14.8 Å². The van der Waals surface area contributed by atoms with Crippen LogP contribution in [0.4, 0.5) is 5.69 Å². The van der Waals surface area contributed by atoms with Gasteiger partial charge in [-0.1, -0.05) is 35.3 Å². The highest BCUT2D eigenvalue weighted by atomic mass is 35.5. The van der Waals surface area contributed by atoms with E-state index in [4.69, 9.17) is 32.7 Å². The molecule has 4 rings (SSSR count). The summed E-state index contributed by atoms with van der Waals surface area (Å²) < 4.78 is 10.7. The first kappa shape index (κ1) is 22.6. The minimum absolute atomic E-state index is 0.0958. The molecule has 7 nitrogen and oxygen atoms in total. The van der Waals surface area contributed by atoms with Gasteiger partial charge in [-0.05, 0) is 36.8 Å². The lowest BCUT2D eigenvalue weighted by atomic mass is 9.99. The zero-order chi connectivity index (χ0) is 23.7. The number of ether oxygens (including phenoxy) is 2. The van der Waals surface area contributed by atoms with Crippen LogP contribution in [0.2, 0.25) is 10.0 Å². The fourth-order valence-electron chi connectivity index (χ4n) is 3.54. The molecule has 0 saturated carbocycles. The predicted octanol–water partition coefficient (Wildman–Crippen LogP) is 6.01. The molecule has 0 unspecified atom stereocenters. The highest BCUT2D eigenvalue weighted by molar-refractivity contribution is 6.41. The normalized spacial score (nSPS) is 10.8. The Balaban J connectivity index is 1.85. The Bertz CT molecular complexity index is 1370. The van der Waals surface area contributed by atoms with Crippen LogP contribution >= 0.6 is 23.2 Å². The zero-order valence-corrected chi connectivity index (χ0v) is 19.5. The molecule has 0 aliphatic carbocycles. The summed E-state index contributed by atoms with van der Waals surface area (Å²) in [6.45, 7) is 1.47. The first-order chi connectivity index (χ1) is 15.8. The molecule has 0 atom stereocenters. The minimum atomic E-state index is -0.383. The number of hydrogen-bond donors (Lipinski definition) is 2. The fourth-order valence-corrected chi connectivity index (χ4v) is 4.26. The van der Waals surface area contributed by atoms with E-state index < -0.39 is 0 Å². The lowest BCUT2D eigenvalue weighted by Crippen LogP contribution is -2.13. The number of hydrogen-bond acceptors (Lipinski definition) is 5. The first-order valence-corrected chi connectivity index (χ1v) is 10.6. The maximum absolute atomic E-state index is 13.3. The van der Waals surface area contributed by atoms with Crippen molar-refractivity contribution in [2.24, 2.45) is 0 Å². The SMILES string of the molecule is COc1cc(OC)c(Cl)c(-c2cc(C(=O)Nc3cccc(C(C)=O)c3)c3cn[nH]c3c2)c1Cl. The maximum atomic E-state index is 13.3. The Morgan fingerprint density at radius 2 is 1.70 bits per heavy atom. The molecule has 0 saturated heterocycles. The lowest BCUT2D eigenvalue weighted by Gasteiger charge is -2.16. The number of carbonyl (C=O) groups excluding carboxylic acids is 2. The van der Waals surface area contributed by atoms with Crippen molar-refractivity contribution in [1.82, 2.24) is 10.2 Å². The van der Waals surface area contributed by atoms with Gasteiger partial charge in [0.25, 0.3) is 5.91 Å². The molecule has 0 aliphatic rings. The van der Waals surface area contributed by atoms with E-state index in [1.807, 2.05) is 0 Å². The van der Waals surface area contributed by atoms with Gasteiger partial charge in [0.1, 0.15) is 11.5 Å². The molecule has 0 radical (unpaired) electrons. The van der Waals surface area contributed by atoms with Crippen LogP contribution in [0.25, 0.3) is 22.0 Å². The average molecular weight is 484 g/mol. The van der Waals surface area contributed by atoms with Gasteiger partial charge in [0, 0.05) is 28.3 Å². The number of rotatable bonds is 6. The van der Waals surface area contributed by atoms with E-state index >= 15 is 0 Å². The molecule has 0 bridgehead atoms. The van der Waals surface area contributed by atoms with Crippen molar-refractivity contribution in [2.45, 2.75) is 6.92 Å². The van der Waals surface area contributed by atoms with Crippen LogP contribution in [0.1, 0.15) is 27.6 Å². The number of benzene rings is 3. The summed E-state index contributed by atoms with van der Waals surface area (Å²) in [5, 5.41) is 11.0. The van der Waals surface area contributed by atoms with Gasteiger partial charge >= 0.3 is 0 Å². The summed E-state index contributed by atoms with van der Waals surface area (Å²) in [5.74, 6) is 0.280. The van der Waals surface area contributed by atoms with Crippen LogP contribution in [-0.4, -0.2) is 36.1 Å². The third-order valence-electron chi connectivity index (χ3n) is 5.19. The van der Waals surface area contributed by atoms with Crippen molar-refractivity contribution in [3.63, 3.8) is 0 Å². The standard InChI is InChI=1S/C24H19Cl2N3O4/c1-12(30)13-5-4-6-15(7-13)28-24(31)16-8-14(9-18-17(16)11-27-29-18)21-22(25)19(32-2)10-20(33-3)23(21)26/h4-11H,1-3H3,(H,27,29)(H,28,31). The maximum Gasteiger partial charge on any atom is 0.256 e. The quantitative estimate of drug-likeness (QED) is 0.327. The summed E-state index contributed by atoms with van der Waals surface area (Å²) in [7, 11) is 2.98. The van der Waals surface area contributed by atoms with E-state index in [1.165, 1.54) is 21.1 Å². The van der Waals surface area contributed by atoms with E-state index in [1.54, 1.807) is 48.7 Å². The highest BCUT2D eigenvalue weighted by Gasteiger charge is 2.22. The van der Waals surface area contributed by atoms with Gasteiger partial charge in [-0.25, -0.2) is 0 Å². The van der Waals surface area contributed by atoms with Crippen LogP contribution in [0, 0.1) is 0 Å². The number of nitrogens with zero attached hydrogens (tertiary/aromatic N) is 1. The Kier molecular flexibility index (Phi) is 6.26. The van der Waals surface area contributed by atoms with Gasteiger partial charge in [-0.3, -0.25) is 14.7 Å². The Morgan fingerprint density at radius 1 is 1.00 bits per heavy atom. The summed E-state index contributed by atoms with van der Waals surface area (Å²) in [5.41, 5.74) is 2.98. The number of methoxy groups -OCH3 is 2. The van der Waals surface area contributed by atoms with Crippen molar-refractivity contribution in [1.29, 1.82) is 0 Å². The number of amides is 1. The highest BCUT2D eigenvalue weighted by Crippen LogP contribution is 2.46. The second-order valence-electron chi connectivity index (χ2n) is 7.23. The monoisotopic (exact) mass is 483 g/mol. The van der Waals surface area contributed by atoms with Crippen molar-refractivity contribution in [2.75, 3.05) is 19.5 Å². The molecule has 1 aromatic heterocycles. The number of nitrogens with one attached hydrogen (secondary N) is 2. The van der Waals surface area contributed by atoms with E-state index in [0.29, 0.717) is 50.3 Å². The third kappa shape index (κ3) is 4.25. The third-order valence-corrected chi connectivity index (χ3v) is 5.94. The summed E-state index contributed by atoms with van der Waals surface area (Å²) in [4.78, 5) is 24.9. The van der Waals surface area contributed by atoms with Gasteiger partial charge in [0.15, 0.2) is 5.78 Å². The number of fused-ring (bicyclic) bond motifs is 1. The van der Waals surface area contributed by atoms with Crippen LogP contribution in [0.15, 0.2) is 48.7 Å². The molecule has 0 aliphatic heterocycles. The number of Topliss-reactive ketones (excluding diaryl/α,β-unsaturated/α-hetero) is 1. The topological polar surface area (TPSA) is 93.3 Å². The number of anilines is 1. The van der Waals surface area contributed by atoms with Gasteiger partial charge < -0.3 is 14.8 Å². The molecule has 1 heterocycles. The molecule has 33 heavy (non-hydrogen) atoms. The Hall–Kier alpha value is -3.55. The summed E-state index contributed by atoms with van der Waals surface area (Å²) in [6.07, 6.45) is 1.56. The van der Waals surface area contributed by atoms with Crippen LogP contribution in [0.3, 0.4) is 0 Å². The van der Waals surface area contributed by atoms with Gasteiger partial charge in [0.05, 0.1) is 41.5 Å². The van der Waals surface area contributed by atoms with Crippen molar-refractivity contribution in [3.8, 4) is 22.6 Å². The van der Waals surface area contributed by atoms with E-state index in [0.717, 1.165) is 0 Å². The van der Waals surface area contributed by atoms with Crippen molar-refractivity contribution in [3.05, 3.63) is 69.8 Å². The molecule has 9 heteroatoms.